The van der Waals surface area contributed by atoms with Gasteiger partial charge in [-0.05, 0) is 80.2 Å². The molecule has 0 aliphatic rings. The first-order valence-electron chi connectivity index (χ1n) is 30.6. The second kappa shape index (κ2) is 37.9. The van der Waals surface area contributed by atoms with Gasteiger partial charge in [0.2, 0.25) is 53.2 Å². The third-order valence-electron chi connectivity index (χ3n) is 15.3. The number of benzene rings is 3. The van der Waals surface area contributed by atoms with Gasteiger partial charge in [0, 0.05) is 67.8 Å². The fraction of sp³-hybridized carbons (Fsp3) is 0.452. The summed E-state index contributed by atoms with van der Waals surface area (Å²) in [6.07, 6.45) is 5.90. The number of rotatable bonds is 40. The van der Waals surface area contributed by atoms with Crippen LogP contribution in [0.3, 0.4) is 0 Å². The number of para-hydroxylation sites is 1. The van der Waals surface area contributed by atoms with Gasteiger partial charge in [-0.1, -0.05) is 99.1 Å². The number of imidazole rings is 1. The number of aliphatic hydroxyl groups excluding tert-OH is 1. The number of nitrogens with zero attached hydrogens (tertiary/aromatic N) is 3. The van der Waals surface area contributed by atoms with E-state index in [9.17, 15) is 48.3 Å². The van der Waals surface area contributed by atoms with Crippen LogP contribution in [0.2, 0.25) is 0 Å². The second-order valence-corrected chi connectivity index (χ2v) is 22.4. The molecule has 0 saturated carbocycles. The number of aliphatic hydroxyl groups is 1. The van der Waals surface area contributed by atoms with Gasteiger partial charge in [0.05, 0.1) is 19.0 Å². The predicted octanol–water partition coefficient (Wildman–Crippen LogP) is -2.87. The summed E-state index contributed by atoms with van der Waals surface area (Å²) in [5.41, 5.74) is 42.6. The highest BCUT2D eigenvalue weighted by atomic mass is 16.3. The van der Waals surface area contributed by atoms with Crippen molar-refractivity contribution in [3.8, 4) is 0 Å². The van der Waals surface area contributed by atoms with Crippen molar-refractivity contribution in [2.24, 2.45) is 56.0 Å². The minimum atomic E-state index is -1.49. The van der Waals surface area contributed by atoms with Gasteiger partial charge in [-0.3, -0.25) is 53.1 Å². The number of primary amides is 1. The number of nitrogens with two attached hydrogens (primary N) is 7. The lowest BCUT2D eigenvalue weighted by Gasteiger charge is -2.30. The molecule has 0 unspecified atom stereocenters. The van der Waals surface area contributed by atoms with E-state index in [2.05, 4.69) is 67.5 Å². The van der Waals surface area contributed by atoms with Crippen molar-refractivity contribution >= 4 is 76.0 Å². The van der Waals surface area contributed by atoms with Crippen LogP contribution in [0.4, 0.5) is 0 Å². The lowest BCUT2D eigenvalue weighted by atomic mass is 9.96. The van der Waals surface area contributed by atoms with E-state index in [0.717, 1.165) is 10.9 Å². The SMILES string of the molecule is CC[C@H](C)[C@H](NC(=O)[C@@H](Cc1ccccc1)NC(=O)[C@@H](Cc1c[nH]c2ccccc12)NC(=O)[C@@H](N)CCCN=C(N)N)C(=O)N[C@H](Cc1ccccc1)C(=O)N[C@@H](Cc1cnc[nH]1)C(=O)N[C@@H](CCCCN)C(=O)N[C@@H](CCCN=C(N)N)C(=O)N[C@@H](CO)C(N)=O. The summed E-state index contributed by atoms with van der Waals surface area (Å²) >= 11 is 0. The van der Waals surface area contributed by atoms with Crippen LogP contribution in [0.15, 0.2) is 114 Å². The molecule has 0 aliphatic heterocycles. The lowest BCUT2D eigenvalue weighted by Crippen LogP contribution is -2.62. The van der Waals surface area contributed by atoms with Gasteiger partial charge in [0.25, 0.3) is 0 Å². The molecule has 0 spiro atoms. The monoisotopic (exact) mass is 1270 g/mol. The zero-order valence-corrected chi connectivity index (χ0v) is 51.9. The Balaban J connectivity index is 1.44. The first-order valence-corrected chi connectivity index (χ1v) is 30.6. The van der Waals surface area contributed by atoms with Crippen LogP contribution in [0.1, 0.15) is 87.6 Å². The molecule has 5 aromatic rings. The molecule has 2 aromatic heterocycles. The maximum atomic E-state index is 15.0. The van der Waals surface area contributed by atoms with Crippen LogP contribution >= 0.6 is 0 Å². The van der Waals surface area contributed by atoms with Crippen LogP contribution in [0, 0.1) is 5.92 Å². The van der Waals surface area contributed by atoms with E-state index in [0.29, 0.717) is 48.1 Å². The molecular weight excluding hydrogens is 1180 g/mol. The number of amides is 9. The molecule has 9 amide bonds. The van der Waals surface area contributed by atoms with Gasteiger partial charge in [-0.2, -0.15) is 0 Å². The number of fused-ring (bicyclic) bond motifs is 1. The number of nitrogens with one attached hydrogen (secondary N) is 10. The van der Waals surface area contributed by atoms with E-state index in [1.807, 2.05) is 24.3 Å². The molecule has 0 radical (unpaired) electrons. The number of aliphatic imine (C=N–C) groups is 2. The highest BCUT2D eigenvalue weighted by Gasteiger charge is 2.37. The number of unbranched alkanes of at least 4 members (excludes halogenated alkanes) is 1. The Morgan fingerprint density at radius 2 is 0.978 bits per heavy atom. The van der Waals surface area contributed by atoms with Crippen LogP contribution in [-0.2, 0) is 68.8 Å². The molecule has 30 nitrogen and oxygen atoms in total. The first kappa shape index (κ1) is 72.8. The van der Waals surface area contributed by atoms with Gasteiger partial charge >= 0.3 is 0 Å². The van der Waals surface area contributed by atoms with Crippen molar-refractivity contribution in [3.05, 3.63) is 126 Å². The van der Waals surface area contributed by atoms with E-state index >= 15 is 0 Å². The number of aromatic nitrogens is 3. The molecule has 92 heavy (non-hydrogen) atoms. The van der Waals surface area contributed by atoms with Crippen molar-refractivity contribution in [1.29, 1.82) is 0 Å². The molecule has 0 fully saturated rings. The van der Waals surface area contributed by atoms with Crippen molar-refractivity contribution in [2.45, 2.75) is 145 Å². The number of carbonyl (C=O) groups is 9. The summed E-state index contributed by atoms with van der Waals surface area (Å²) < 4.78 is 0. The number of aromatic amines is 2. The Hall–Kier alpha value is -9.94. The number of H-pyrrole nitrogens is 2. The number of hydrogen-bond acceptors (Lipinski definition) is 15. The Bertz CT molecular complexity index is 3250. The third-order valence-corrected chi connectivity index (χ3v) is 15.3. The Labute approximate surface area is 533 Å². The van der Waals surface area contributed by atoms with Crippen LogP contribution in [0.25, 0.3) is 10.9 Å². The molecule has 10 atom stereocenters. The van der Waals surface area contributed by atoms with E-state index in [-0.39, 0.29) is 82.9 Å². The zero-order chi connectivity index (χ0) is 67.1. The summed E-state index contributed by atoms with van der Waals surface area (Å²) in [5, 5.41) is 32.4. The molecule has 5 rings (SSSR count). The summed E-state index contributed by atoms with van der Waals surface area (Å²) in [6, 6.07) is 12.9. The van der Waals surface area contributed by atoms with Gasteiger partial charge in [0.15, 0.2) is 11.9 Å². The average molecular weight is 1280 g/mol. The maximum absolute atomic E-state index is 15.0. The summed E-state index contributed by atoms with van der Waals surface area (Å²) in [7, 11) is 0. The standard InChI is InChI=1S/C62H90N20O10/c1-3-36(2)51(82-59(91)47(29-38-18-8-5-9-19-38)78-57(89)48(30-39-32-73-43-22-11-10-20-41(39)43)77-53(85)42(64)21-14-26-71-61(66)67)60(92)80-46(28-37-16-6-4-7-17-37)56(88)79-49(31-40-33-70-35-74-40)58(90)76-44(23-12-13-25-63)54(86)75-45(24-15-27-72-62(68)69)55(87)81-50(34-83)52(65)84/h4-11,16-20,22,32-33,35-36,42,44-51,73,83H,3,12-15,21,23-31,34,63-64H2,1-2H3,(H2,65,84)(H,70,74)(H,75,86)(H,76,90)(H,77,85)(H,78,89)(H,79,88)(H,80,92)(H,81,87)(H,82,91)(H4,66,67,71)(H4,68,69,72)/t36-,42-,44-,45-,46+,47+,48+,49-,50-,51-/m0/s1. The highest BCUT2D eigenvalue weighted by molar-refractivity contribution is 5.99. The van der Waals surface area contributed by atoms with E-state index in [1.54, 1.807) is 80.7 Å². The van der Waals surface area contributed by atoms with Crippen molar-refractivity contribution in [2.75, 3.05) is 26.2 Å². The van der Waals surface area contributed by atoms with Crippen LogP contribution < -0.4 is 82.7 Å². The van der Waals surface area contributed by atoms with Gasteiger partial charge in [0.1, 0.15) is 48.3 Å². The fourth-order valence-electron chi connectivity index (χ4n) is 9.92. The Morgan fingerprint density at radius 3 is 1.49 bits per heavy atom. The largest absolute Gasteiger partial charge is 0.394 e. The topological polar surface area (TPSA) is 521 Å². The molecular formula is C62H90N20O10. The first-order chi connectivity index (χ1) is 44.1. The van der Waals surface area contributed by atoms with Crippen molar-refractivity contribution < 1.29 is 48.3 Å². The van der Waals surface area contributed by atoms with Gasteiger partial charge < -0.3 is 97.7 Å². The maximum Gasteiger partial charge on any atom is 0.243 e. The zero-order valence-electron chi connectivity index (χ0n) is 51.9. The minimum Gasteiger partial charge on any atom is -0.394 e. The molecule has 0 aliphatic carbocycles. The van der Waals surface area contributed by atoms with Crippen molar-refractivity contribution in [1.82, 2.24) is 57.5 Å². The quantitative estimate of drug-likeness (QED) is 0.0106. The molecule has 25 N–H and O–H groups in total. The smallest absolute Gasteiger partial charge is 0.243 e. The summed E-state index contributed by atoms with van der Waals surface area (Å²) in [6.45, 7) is 3.22. The molecule has 2 heterocycles. The van der Waals surface area contributed by atoms with Crippen molar-refractivity contribution in [3.63, 3.8) is 0 Å². The van der Waals surface area contributed by atoms with Crippen LogP contribution in [-0.4, -0.2) is 166 Å². The highest BCUT2D eigenvalue weighted by Crippen LogP contribution is 2.20. The number of carbonyl (C=O) groups excluding carboxylic acids is 9. The lowest BCUT2D eigenvalue weighted by molar-refractivity contribution is -0.136. The fourth-order valence-corrected chi connectivity index (χ4v) is 9.92. The second-order valence-electron chi connectivity index (χ2n) is 22.4. The summed E-state index contributed by atoms with van der Waals surface area (Å²) in [5.74, 6) is -8.25. The Kier molecular flexibility index (Phi) is 30.0. The molecule has 0 bridgehead atoms. The minimum absolute atomic E-state index is 0.00813. The van der Waals surface area contributed by atoms with E-state index in [1.165, 1.54) is 12.5 Å². The number of guanidine groups is 2. The summed E-state index contributed by atoms with van der Waals surface area (Å²) in [4.78, 5) is 146. The molecule has 498 valence electrons. The average Bonchev–Trinajstić information content (AvgIpc) is 1.71. The molecule has 30 heteroatoms. The normalized spacial score (nSPS) is 14.4. The third kappa shape index (κ3) is 24.1. The van der Waals surface area contributed by atoms with E-state index in [4.69, 9.17) is 40.1 Å². The molecule has 0 saturated heterocycles. The Morgan fingerprint density at radius 1 is 0.522 bits per heavy atom. The van der Waals surface area contributed by atoms with Gasteiger partial charge in [-0.15, -0.1) is 0 Å². The van der Waals surface area contributed by atoms with Crippen LogP contribution in [0.5, 0.6) is 0 Å². The molecule has 3 aromatic carbocycles. The number of hydrogen-bond donors (Lipinski definition) is 18. The van der Waals surface area contributed by atoms with E-state index < -0.39 is 120 Å². The van der Waals surface area contributed by atoms with Gasteiger partial charge in [-0.25, -0.2) is 4.98 Å². The predicted molar refractivity (Wildman–Crippen MR) is 346 cm³/mol.